The summed E-state index contributed by atoms with van der Waals surface area (Å²) < 4.78 is 2.63. The van der Waals surface area contributed by atoms with Crippen molar-refractivity contribution in [1.29, 1.82) is 0 Å². The summed E-state index contributed by atoms with van der Waals surface area (Å²) in [5.74, 6) is 0. The van der Waals surface area contributed by atoms with Crippen LogP contribution >= 0.6 is 54.5 Å². The van der Waals surface area contributed by atoms with E-state index in [1.54, 1.807) is 43.1 Å². The molecule has 1 aromatic carbocycles. The van der Waals surface area contributed by atoms with Gasteiger partial charge in [-0.3, -0.25) is 0 Å². The first-order valence-corrected chi connectivity index (χ1v) is 21.5. The highest BCUT2D eigenvalue weighted by Crippen LogP contribution is 2.64. The Kier molecular flexibility index (Phi) is 12.8. The maximum atomic E-state index is 3.97. The fraction of sp³-hybridized carbons (Fsp3) is 0.650. The van der Waals surface area contributed by atoms with Gasteiger partial charge in [0.25, 0.3) is 0 Å². The molecular formula is C40H56Br2S2. The van der Waals surface area contributed by atoms with Crippen molar-refractivity contribution < 1.29 is 0 Å². The van der Waals surface area contributed by atoms with Gasteiger partial charge in [-0.2, -0.15) is 0 Å². The van der Waals surface area contributed by atoms with Gasteiger partial charge in [0.15, 0.2) is 0 Å². The predicted molar refractivity (Wildman–Crippen MR) is 205 cm³/mol. The Morgan fingerprint density at radius 3 is 1.05 bits per heavy atom. The molecule has 0 saturated heterocycles. The van der Waals surface area contributed by atoms with Crippen molar-refractivity contribution in [3.63, 3.8) is 0 Å². The molecule has 0 saturated carbocycles. The topological polar surface area (TPSA) is 0 Å². The number of rotatable bonds is 20. The van der Waals surface area contributed by atoms with E-state index in [1.165, 1.54) is 136 Å². The Hall–Kier alpha value is -0.420. The molecule has 2 aromatic heterocycles. The first-order chi connectivity index (χ1) is 21.5. The van der Waals surface area contributed by atoms with Crippen molar-refractivity contribution in [2.75, 3.05) is 0 Å². The maximum absolute atomic E-state index is 3.97. The molecule has 0 N–H and O–H groups in total. The summed E-state index contributed by atoms with van der Waals surface area (Å²) in [6.07, 6.45) is 26.6. The number of hydrogen-bond acceptors (Lipinski definition) is 2. The van der Waals surface area contributed by atoms with Gasteiger partial charge >= 0.3 is 0 Å². The molecule has 4 heteroatoms. The number of unbranched alkanes of at least 4 members (excludes halogenated alkanes) is 12. The lowest BCUT2D eigenvalue weighted by atomic mass is 9.68. The number of hydrogen-bond donors (Lipinski definition) is 0. The van der Waals surface area contributed by atoms with Gasteiger partial charge in [0.1, 0.15) is 0 Å². The molecule has 2 aliphatic rings. The molecular weight excluding hydrogens is 704 g/mol. The standard InChI is InChI=1S/C40H56Br2S2/c1-5-9-13-17-21-39(22-18-14-10-6-2)31-25-30-32(26-29(31)37-33(39)27-35(41)43-37)40(23-19-15-11-7-3,24-20-16-12-8-4)34-28-36(42)44-38(30)34/h25-28H,5-24H2,1-4H3. The van der Waals surface area contributed by atoms with Crippen LogP contribution in [0, 0.1) is 0 Å². The smallest absolute Gasteiger partial charge is 0.0708 e. The zero-order valence-corrected chi connectivity index (χ0v) is 32.8. The number of halogens is 2. The van der Waals surface area contributed by atoms with Gasteiger partial charge in [-0.25, -0.2) is 0 Å². The van der Waals surface area contributed by atoms with E-state index in [0.717, 1.165) is 0 Å². The molecule has 0 amide bonds. The largest absolute Gasteiger partial charge is 0.128 e. The predicted octanol–water partition coefficient (Wildman–Crippen LogP) is 15.7. The van der Waals surface area contributed by atoms with E-state index in [9.17, 15) is 0 Å². The zero-order valence-electron chi connectivity index (χ0n) is 28.0. The summed E-state index contributed by atoms with van der Waals surface area (Å²) in [6, 6.07) is 10.6. The fourth-order valence-electron chi connectivity index (χ4n) is 8.63. The minimum atomic E-state index is 0.159. The molecule has 0 aliphatic heterocycles. The van der Waals surface area contributed by atoms with Crippen LogP contribution < -0.4 is 0 Å². The Balaban J connectivity index is 1.65. The third kappa shape index (κ3) is 6.91. The molecule has 0 nitrogen and oxygen atoms in total. The summed E-state index contributed by atoms with van der Waals surface area (Å²) >= 11 is 11.9. The van der Waals surface area contributed by atoms with Crippen molar-refractivity contribution in [3.8, 4) is 20.9 Å². The summed E-state index contributed by atoms with van der Waals surface area (Å²) in [6.45, 7) is 9.37. The van der Waals surface area contributed by atoms with E-state index in [1.807, 2.05) is 22.7 Å². The van der Waals surface area contributed by atoms with Crippen LogP contribution in [-0.4, -0.2) is 0 Å². The molecule has 0 spiro atoms. The second-order valence-corrected chi connectivity index (χ2v) is 18.8. The van der Waals surface area contributed by atoms with Crippen LogP contribution in [0.1, 0.15) is 178 Å². The van der Waals surface area contributed by atoms with E-state index in [-0.39, 0.29) is 10.8 Å². The second kappa shape index (κ2) is 16.1. The van der Waals surface area contributed by atoms with Gasteiger partial charge < -0.3 is 0 Å². The summed E-state index contributed by atoms with van der Waals surface area (Å²) in [5.41, 5.74) is 10.1. The van der Waals surface area contributed by atoms with Crippen LogP contribution in [0.4, 0.5) is 0 Å². The van der Waals surface area contributed by atoms with Gasteiger partial charge in [0.05, 0.1) is 7.57 Å². The minimum absolute atomic E-state index is 0.159. The van der Waals surface area contributed by atoms with E-state index in [0.29, 0.717) is 0 Å². The van der Waals surface area contributed by atoms with Gasteiger partial charge in [-0.05, 0) is 115 Å². The van der Waals surface area contributed by atoms with Gasteiger partial charge in [-0.1, -0.05) is 130 Å². The molecule has 2 heterocycles. The van der Waals surface area contributed by atoms with Crippen LogP contribution in [0.25, 0.3) is 20.9 Å². The molecule has 0 atom stereocenters. The van der Waals surface area contributed by atoms with Crippen LogP contribution in [0.3, 0.4) is 0 Å². The third-order valence-electron chi connectivity index (χ3n) is 10.9. The quantitative estimate of drug-likeness (QED) is 0.101. The molecule has 0 unspecified atom stereocenters. The van der Waals surface area contributed by atoms with Gasteiger partial charge in [0.2, 0.25) is 0 Å². The monoisotopic (exact) mass is 758 g/mol. The minimum Gasteiger partial charge on any atom is -0.128 e. The lowest BCUT2D eigenvalue weighted by molar-refractivity contribution is 0.398. The highest BCUT2D eigenvalue weighted by molar-refractivity contribution is 9.11. The highest BCUT2D eigenvalue weighted by Gasteiger charge is 2.49. The van der Waals surface area contributed by atoms with E-state index >= 15 is 0 Å². The van der Waals surface area contributed by atoms with Crippen molar-refractivity contribution in [1.82, 2.24) is 0 Å². The lowest BCUT2D eigenvalue weighted by Crippen LogP contribution is -2.27. The van der Waals surface area contributed by atoms with Crippen LogP contribution in [0.5, 0.6) is 0 Å². The van der Waals surface area contributed by atoms with Crippen LogP contribution in [0.15, 0.2) is 31.8 Å². The van der Waals surface area contributed by atoms with Gasteiger partial charge in [0, 0.05) is 20.6 Å². The Morgan fingerprint density at radius 1 is 0.432 bits per heavy atom. The molecule has 5 rings (SSSR count). The maximum Gasteiger partial charge on any atom is 0.0708 e. The zero-order chi connectivity index (χ0) is 31.2. The third-order valence-corrected chi connectivity index (χ3v) is 14.3. The normalized spacial score (nSPS) is 15.4. The van der Waals surface area contributed by atoms with Crippen LogP contribution in [-0.2, 0) is 10.8 Å². The lowest BCUT2D eigenvalue weighted by Gasteiger charge is -2.34. The molecule has 0 radical (unpaired) electrons. The number of benzene rings is 1. The SMILES string of the molecule is CCCCCCC1(CCCCCC)c2cc3c(cc2-c2sc(Br)cc21)C(CCCCCC)(CCCCCC)c1cc(Br)sc1-3. The average molecular weight is 761 g/mol. The van der Waals surface area contributed by atoms with Crippen molar-refractivity contribution in [3.05, 3.63) is 54.1 Å². The summed E-state index contributed by atoms with van der Waals surface area (Å²) in [7, 11) is 0. The van der Waals surface area contributed by atoms with E-state index in [2.05, 4.69) is 83.8 Å². The fourth-order valence-corrected chi connectivity index (χ4v) is 12.1. The Labute approximate surface area is 294 Å². The number of thiophene rings is 2. The summed E-state index contributed by atoms with van der Waals surface area (Å²) in [5, 5.41) is 0. The molecule has 44 heavy (non-hydrogen) atoms. The molecule has 2 aliphatic carbocycles. The first kappa shape index (κ1) is 34.9. The van der Waals surface area contributed by atoms with E-state index in [4.69, 9.17) is 0 Å². The van der Waals surface area contributed by atoms with Crippen molar-refractivity contribution >= 4 is 54.5 Å². The molecule has 0 bridgehead atoms. The molecule has 3 aromatic rings. The molecule has 0 fully saturated rings. The second-order valence-electron chi connectivity index (χ2n) is 13.9. The average Bonchev–Trinajstić information content (AvgIpc) is 3.72. The first-order valence-electron chi connectivity index (χ1n) is 18.2. The summed E-state index contributed by atoms with van der Waals surface area (Å²) in [4.78, 5) is 3.14. The molecule has 242 valence electrons. The van der Waals surface area contributed by atoms with Gasteiger partial charge in [-0.15, -0.1) is 22.7 Å². The Bertz CT molecular complexity index is 1230. The van der Waals surface area contributed by atoms with Crippen molar-refractivity contribution in [2.24, 2.45) is 0 Å². The van der Waals surface area contributed by atoms with Crippen molar-refractivity contribution in [2.45, 2.75) is 167 Å². The Morgan fingerprint density at radius 2 is 0.750 bits per heavy atom. The van der Waals surface area contributed by atoms with Crippen LogP contribution in [0.2, 0.25) is 0 Å². The highest BCUT2D eigenvalue weighted by atomic mass is 79.9. The number of fused-ring (bicyclic) bond motifs is 6. The van der Waals surface area contributed by atoms with E-state index < -0.39 is 0 Å².